The topological polar surface area (TPSA) is 281 Å². The van der Waals surface area contributed by atoms with Crippen LogP contribution < -0.4 is 38.5 Å². The molecule has 0 aromatic carbocycles. The summed E-state index contributed by atoms with van der Waals surface area (Å²) in [7, 11) is 0. The summed E-state index contributed by atoms with van der Waals surface area (Å²) in [5.41, 5.74) is 16.0. The molecule has 12 N–H and O–H groups in total. The molecule has 0 aromatic rings. The van der Waals surface area contributed by atoms with E-state index in [9.17, 15) is 28.8 Å². The molecule has 0 radical (unpaired) electrons. The number of rotatable bonds is 16. The highest BCUT2D eigenvalue weighted by atomic mass is 16.4. The van der Waals surface area contributed by atoms with Crippen LogP contribution in [-0.4, -0.2) is 89.0 Å². The number of amides is 4. The Labute approximate surface area is 201 Å². The molecule has 0 aliphatic heterocycles. The van der Waals surface area contributed by atoms with Gasteiger partial charge in [0.25, 0.3) is 0 Å². The number of guanidine groups is 1. The molecule has 0 aromatic heterocycles. The number of nitrogens with zero attached hydrogens (tertiary/aromatic N) is 1. The molecule has 0 spiro atoms. The van der Waals surface area contributed by atoms with Gasteiger partial charge in [-0.15, -0.1) is 0 Å². The van der Waals surface area contributed by atoms with Crippen LogP contribution in [-0.2, 0) is 28.8 Å². The lowest BCUT2D eigenvalue weighted by Crippen LogP contribution is -2.55. The van der Waals surface area contributed by atoms with E-state index in [1.54, 1.807) is 0 Å². The number of carbonyl (C=O) groups is 6. The minimum Gasteiger partial charge on any atom is -0.481 e. The fourth-order valence-electron chi connectivity index (χ4n) is 2.51. The van der Waals surface area contributed by atoms with E-state index in [-0.39, 0.29) is 38.2 Å². The summed E-state index contributed by atoms with van der Waals surface area (Å²) in [4.78, 5) is 74.1. The first-order valence-electron chi connectivity index (χ1n) is 10.7. The Morgan fingerprint density at radius 1 is 0.857 bits per heavy atom. The first kappa shape index (κ1) is 31.0. The highest BCUT2D eigenvalue weighted by Gasteiger charge is 2.26. The summed E-state index contributed by atoms with van der Waals surface area (Å²) < 4.78 is 0. The van der Waals surface area contributed by atoms with Crippen LogP contribution in [0.3, 0.4) is 0 Å². The van der Waals surface area contributed by atoms with Crippen molar-refractivity contribution in [3.63, 3.8) is 0 Å². The minimum absolute atomic E-state index is 0.0750. The molecular weight excluding hydrogens is 468 g/mol. The highest BCUT2D eigenvalue weighted by molar-refractivity contribution is 5.94. The lowest BCUT2D eigenvalue weighted by Gasteiger charge is -2.22. The summed E-state index contributed by atoms with van der Waals surface area (Å²) in [5.74, 6) is -5.50. The number of nitrogens with one attached hydrogen (secondary N) is 4. The van der Waals surface area contributed by atoms with Crippen molar-refractivity contribution in [3.8, 4) is 0 Å². The van der Waals surface area contributed by atoms with E-state index in [1.165, 1.54) is 13.8 Å². The van der Waals surface area contributed by atoms with Crippen LogP contribution in [0.4, 0.5) is 0 Å². The number of carbonyl (C=O) groups excluding carboxylic acids is 4. The van der Waals surface area contributed by atoms with Crippen LogP contribution in [0.1, 0.15) is 39.5 Å². The number of aliphatic imine (C=N–C) groups is 1. The van der Waals surface area contributed by atoms with Gasteiger partial charge in [0.05, 0.1) is 12.6 Å². The average Bonchev–Trinajstić information content (AvgIpc) is 2.76. The van der Waals surface area contributed by atoms with Crippen molar-refractivity contribution in [2.75, 3.05) is 13.1 Å². The van der Waals surface area contributed by atoms with Gasteiger partial charge in [0.1, 0.15) is 18.1 Å². The smallest absolute Gasteiger partial charge is 0.325 e. The molecule has 0 bridgehead atoms. The first-order chi connectivity index (χ1) is 16.2. The van der Waals surface area contributed by atoms with E-state index in [1.807, 2.05) is 0 Å². The van der Waals surface area contributed by atoms with Crippen LogP contribution >= 0.6 is 0 Å². The predicted octanol–water partition coefficient (Wildman–Crippen LogP) is -4.07. The lowest BCUT2D eigenvalue weighted by atomic mass is 10.1. The van der Waals surface area contributed by atoms with E-state index in [2.05, 4.69) is 26.3 Å². The Balaban J connectivity index is 4.87. The fraction of sp³-hybridized carbons (Fsp3) is 0.632. The monoisotopic (exact) mass is 502 g/mol. The van der Waals surface area contributed by atoms with Gasteiger partial charge < -0.3 is 48.7 Å². The Morgan fingerprint density at radius 3 is 2.03 bits per heavy atom. The van der Waals surface area contributed by atoms with Gasteiger partial charge in [-0.25, -0.2) is 0 Å². The van der Waals surface area contributed by atoms with Crippen molar-refractivity contribution in [2.45, 2.75) is 63.7 Å². The van der Waals surface area contributed by atoms with Crippen LogP contribution in [0.15, 0.2) is 4.99 Å². The molecule has 198 valence electrons. The van der Waals surface area contributed by atoms with Crippen molar-refractivity contribution in [1.29, 1.82) is 0 Å². The molecule has 0 unspecified atom stereocenters. The SMILES string of the molecule is C[C@H](NC(=O)[C@H](CCCN=C(N)N)NC(=O)[C@H](C)NC(=O)CNC(=O)[C@@H](N)CCC(=O)O)C(=O)O. The average molecular weight is 503 g/mol. The molecule has 4 amide bonds. The largest absolute Gasteiger partial charge is 0.481 e. The van der Waals surface area contributed by atoms with Crippen molar-refractivity contribution in [1.82, 2.24) is 21.3 Å². The first-order valence-corrected chi connectivity index (χ1v) is 10.7. The zero-order valence-corrected chi connectivity index (χ0v) is 19.6. The Hall–Kier alpha value is -3.95. The van der Waals surface area contributed by atoms with Gasteiger partial charge in [0.2, 0.25) is 23.6 Å². The summed E-state index contributed by atoms with van der Waals surface area (Å²) in [6.45, 7) is 2.23. The fourth-order valence-corrected chi connectivity index (χ4v) is 2.51. The predicted molar refractivity (Wildman–Crippen MR) is 123 cm³/mol. The number of hydrogen-bond acceptors (Lipinski definition) is 8. The summed E-state index contributed by atoms with van der Waals surface area (Å²) in [6, 6.07) is -4.58. The molecule has 35 heavy (non-hydrogen) atoms. The Morgan fingerprint density at radius 2 is 1.49 bits per heavy atom. The summed E-state index contributed by atoms with van der Waals surface area (Å²) >= 11 is 0. The molecule has 0 heterocycles. The van der Waals surface area contributed by atoms with Crippen molar-refractivity contribution in [3.05, 3.63) is 0 Å². The number of aliphatic carboxylic acids is 2. The lowest BCUT2D eigenvalue weighted by molar-refractivity contribution is -0.142. The van der Waals surface area contributed by atoms with E-state index in [0.29, 0.717) is 0 Å². The summed E-state index contributed by atoms with van der Waals surface area (Å²) in [5, 5.41) is 26.8. The molecule has 4 atom stereocenters. The van der Waals surface area contributed by atoms with Gasteiger partial charge in [-0.1, -0.05) is 0 Å². The maximum Gasteiger partial charge on any atom is 0.325 e. The second kappa shape index (κ2) is 15.8. The van der Waals surface area contributed by atoms with Crippen LogP contribution in [0, 0.1) is 0 Å². The molecule has 0 saturated heterocycles. The third-order valence-corrected chi connectivity index (χ3v) is 4.51. The number of hydrogen-bond donors (Lipinski definition) is 9. The molecule has 0 aliphatic carbocycles. The van der Waals surface area contributed by atoms with Gasteiger partial charge in [-0.2, -0.15) is 0 Å². The zero-order chi connectivity index (χ0) is 27.1. The van der Waals surface area contributed by atoms with Crippen LogP contribution in [0.2, 0.25) is 0 Å². The van der Waals surface area contributed by atoms with Crippen molar-refractivity contribution >= 4 is 41.5 Å². The van der Waals surface area contributed by atoms with Crippen LogP contribution in [0.5, 0.6) is 0 Å². The molecule has 0 saturated carbocycles. The maximum atomic E-state index is 12.5. The van der Waals surface area contributed by atoms with E-state index >= 15 is 0 Å². The molecule has 16 nitrogen and oxygen atoms in total. The van der Waals surface area contributed by atoms with E-state index < -0.39 is 66.3 Å². The maximum absolute atomic E-state index is 12.5. The van der Waals surface area contributed by atoms with Gasteiger partial charge >= 0.3 is 11.9 Å². The van der Waals surface area contributed by atoms with Gasteiger partial charge in [0.15, 0.2) is 5.96 Å². The van der Waals surface area contributed by atoms with Gasteiger partial charge in [0, 0.05) is 13.0 Å². The second-order valence-corrected chi connectivity index (χ2v) is 7.62. The second-order valence-electron chi connectivity index (χ2n) is 7.62. The van der Waals surface area contributed by atoms with Crippen molar-refractivity contribution in [2.24, 2.45) is 22.2 Å². The number of carboxylic acids is 2. The summed E-state index contributed by atoms with van der Waals surface area (Å²) in [6.07, 6.45) is -0.0725. The van der Waals surface area contributed by atoms with Crippen LogP contribution in [0.25, 0.3) is 0 Å². The van der Waals surface area contributed by atoms with Gasteiger partial charge in [-0.3, -0.25) is 33.8 Å². The Kier molecular flexibility index (Phi) is 14.0. The van der Waals surface area contributed by atoms with Gasteiger partial charge in [-0.05, 0) is 33.1 Å². The Bertz CT molecular complexity index is 815. The third-order valence-electron chi connectivity index (χ3n) is 4.51. The van der Waals surface area contributed by atoms with E-state index in [0.717, 1.165) is 0 Å². The quantitative estimate of drug-likeness (QED) is 0.0555. The molecule has 0 fully saturated rings. The number of nitrogens with two attached hydrogens (primary N) is 3. The number of carboxylic acid groups (broad SMARTS) is 2. The molecule has 0 rings (SSSR count). The molecule has 16 heteroatoms. The molecular formula is C19H34N8O8. The van der Waals surface area contributed by atoms with Crippen molar-refractivity contribution < 1.29 is 39.0 Å². The standard InChI is InChI=1S/C19H34N8O8/c1-9(25-13(28)8-24-16(32)11(20)5-6-14(29)30)15(31)27-12(4-3-7-23-19(21)22)17(33)26-10(2)18(34)35/h9-12H,3-8,20H2,1-2H3,(H,24,32)(H,25,28)(H,26,33)(H,27,31)(H,29,30)(H,34,35)(H4,21,22,23)/t9-,10-,11-,12-/m0/s1. The minimum atomic E-state index is -1.27. The molecule has 0 aliphatic rings. The zero-order valence-electron chi connectivity index (χ0n) is 19.6. The highest BCUT2D eigenvalue weighted by Crippen LogP contribution is 2.01. The third kappa shape index (κ3) is 14.0. The normalized spacial score (nSPS) is 13.8. The van der Waals surface area contributed by atoms with E-state index in [4.69, 9.17) is 27.4 Å².